The predicted octanol–water partition coefficient (Wildman–Crippen LogP) is -3.40. The Labute approximate surface area is 49.2 Å². The summed E-state index contributed by atoms with van der Waals surface area (Å²) in [5.41, 5.74) is 0. The molecule has 4 heavy (non-hydrogen) atoms. The fraction of sp³-hybridized carbons (Fsp3) is 0. The van der Waals surface area contributed by atoms with E-state index < -0.39 is 0 Å². The molecular formula is CBrOPd. The molecule has 0 aliphatic heterocycles. The first-order valence-corrected chi connectivity index (χ1v) is 0.204. The molecule has 3 heteroatoms. The van der Waals surface area contributed by atoms with Crippen LogP contribution in [0, 0.1) is 0 Å². The average Bonchev–Trinajstić information content (AvgIpc) is 1.00. The topological polar surface area (TPSA) is 17.1 Å². The monoisotopic (exact) mass is 213 g/mol. The van der Waals surface area contributed by atoms with Crippen molar-refractivity contribution in [2.24, 2.45) is 0 Å². The molecule has 0 saturated carbocycles. The summed E-state index contributed by atoms with van der Waals surface area (Å²) in [4.78, 5) is 7.50. The van der Waals surface area contributed by atoms with Gasteiger partial charge in [-0.15, -0.1) is 0 Å². The maximum absolute atomic E-state index is 7.50. The van der Waals surface area contributed by atoms with Crippen LogP contribution in [0.3, 0.4) is 0 Å². The van der Waals surface area contributed by atoms with Gasteiger partial charge < -0.3 is 17.0 Å². The summed E-state index contributed by atoms with van der Waals surface area (Å²) in [5, 5.41) is 0. The molecule has 0 unspecified atom stereocenters. The first-order valence-electron chi connectivity index (χ1n) is 0.204. The third-order valence-electron chi connectivity index (χ3n) is 0. The molecule has 27 valence electrons. The third kappa shape index (κ3) is 14.0. The van der Waals surface area contributed by atoms with Gasteiger partial charge >= 0.3 is 20.4 Å². The molecule has 0 aromatic rings. The fourth-order valence-corrected chi connectivity index (χ4v) is 0. The van der Waals surface area contributed by atoms with Crippen LogP contribution < -0.4 is 17.0 Å². The zero-order valence-electron chi connectivity index (χ0n) is 1.60. The van der Waals surface area contributed by atoms with Crippen molar-refractivity contribution in [1.29, 1.82) is 0 Å². The Balaban J connectivity index is -0.00000000500. The minimum Gasteiger partial charge on any atom is -1.00 e. The summed E-state index contributed by atoms with van der Waals surface area (Å²) in [5.74, 6) is 0. The van der Waals surface area contributed by atoms with Crippen molar-refractivity contribution in [2.45, 2.75) is 0 Å². The van der Waals surface area contributed by atoms with E-state index in [1.807, 2.05) is 0 Å². The van der Waals surface area contributed by atoms with E-state index >= 15 is 0 Å². The second-order valence-corrected chi connectivity index (χ2v) is 0. The molecule has 0 aromatic carbocycles. The molecule has 0 N–H and O–H groups in total. The van der Waals surface area contributed by atoms with Gasteiger partial charge in [-0.1, -0.05) is 0 Å². The Hall–Kier alpha value is 0.812. The van der Waals surface area contributed by atoms with Crippen LogP contribution in [0.5, 0.6) is 0 Å². The van der Waals surface area contributed by atoms with Gasteiger partial charge in [0.25, 0.3) is 6.79 Å². The molecule has 0 bridgehead atoms. The van der Waals surface area contributed by atoms with Gasteiger partial charge in [0.2, 0.25) is 0 Å². The Kier molecular flexibility index (Phi) is 243. The minimum absolute atomic E-state index is 0. The summed E-state index contributed by atoms with van der Waals surface area (Å²) in [6.45, 7) is 4.50. The molecular weight excluding hydrogens is 214 g/mol. The molecule has 0 aliphatic carbocycles. The van der Waals surface area contributed by atoms with E-state index in [0.29, 0.717) is 0 Å². The molecule has 0 spiro atoms. The first-order chi connectivity index (χ1) is 1.00. The number of hydrogen-bond acceptors (Lipinski definition) is 1. The Morgan fingerprint density at radius 2 is 1.25 bits per heavy atom. The minimum atomic E-state index is 0. The summed E-state index contributed by atoms with van der Waals surface area (Å²) >= 11 is 0. The van der Waals surface area contributed by atoms with Crippen LogP contribution in [0.25, 0.3) is 0 Å². The summed E-state index contributed by atoms with van der Waals surface area (Å²) in [7, 11) is 0. The predicted molar refractivity (Wildman–Crippen MR) is 5.69 cm³/mol. The van der Waals surface area contributed by atoms with Crippen molar-refractivity contribution in [3.8, 4) is 0 Å². The molecule has 0 amide bonds. The Bertz CT molecular complexity index is 8.00. The van der Waals surface area contributed by atoms with Crippen LogP contribution in [0.15, 0.2) is 0 Å². The van der Waals surface area contributed by atoms with E-state index in [1.54, 1.807) is 0 Å². The molecule has 0 aromatic heterocycles. The van der Waals surface area contributed by atoms with Crippen molar-refractivity contribution in [1.82, 2.24) is 0 Å². The molecule has 0 fully saturated rings. The van der Waals surface area contributed by atoms with Crippen LogP contribution in [0.4, 0.5) is 0 Å². The molecule has 3 radical (unpaired) electrons. The average molecular weight is 214 g/mol. The molecule has 0 aliphatic rings. The molecule has 0 saturated heterocycles. The van der Waals surface area contributed by atoms with Gasteiger partial charge in [-0.05, 0) is 0 Å². The number of carbonyl (C=O) groups excluding carboxylic acids is 1. The van der Waals surface area contributed by atoms with Gasteiger partial charge in [0, 0.05) is 0 Å². The van der Waals surface area contributed by atoms with E-state index in [9.17, 15) is 0 Å². The molecule has 0 heterocycles. The van der Waals surface area contributed by atoms with Crippen molar-refractivity contribution in [2.75, 3.05) is 0 Å². The molecule has 1 nitrogen and oxygen atoms in total. The first kappa shape index (κ1) is 21.3. The Morgan fingerprint density at radius 3 is 1.25 bits per heavy atom. The quantitative estimate of drug-likeness (QED) is 0.384. The van der Waals surface area contributed by atoms with Crippen LogP contribution in [0.1, 0.15) is 0 Å². The normalized spacial score (nSPS) is 1.00. The van der Waals surface area contributed by atoms with Gasteiger partial charge in [0.1, 0.15) is 0 Å². The van der Waals surface area contributed by atoms with Crippen LogP contribution >= 0.6 is 0 Å². The van der Waals surface area contributed by atoms with Crippen molar-refractivity contribution in [3.05, 3.63) is 0 Å². The SMILES string of the molecule is [Br-].[C]=O.[Pd+]. The smallest absolute Gasteiger partial charge is 1.00 e. The number of rotatable bonds is 0. The summed E-state index contributed by atoms with van der Waals surface area (Å²) in [6, 6.07) is 0. The van der Waals surface area contributed by atoms with Crippen LogP contribution in [0.2, 0.25) is 0 Å². The standard InChI is InChI=1S/CO.BrH.Pd/c1-2;;/h;1H;/q;;+1/p-1. The van der Waals surface area contributed by atoms with E-state index in [2.05, 4.69) is 6.79 Å². The van der Waals surface area contributed by atoms with Gasteiger partial charge in [-0.2, -0.15) is 0 Å². The largest absolute Gasteiger partial charge is 1.00 e. The summed E-state index contributed by atoms with van der Waals surface area (Å²) in [6.07, 6.45) is 0. The van der Waals surface area contributed by atoms with E-state index in [-0.39, 0.29) is 37.4 Å². The van der Waals surface area contributed by atoms with Gasteiger partial charge in [0.15, 0.2) is 0 Å². The second kappa shape index (κ2) is 45.7. The van der Waals surface area contributed by atoms with Gasteiger partial charge in [-0.25, -0.2) is 0 Å². The molecule has 0 atom stereocenters. The van der Waals surface area contributed by atoms with Gasteiger partial charge in [-0.3, -0.25) is 4.79 Å². The van der Waals surface area contributed by atoms with Crippen LogP contribution in [-0.4, -0.2) is 6.79 Å². The van der Waals surface area contributed by atoms with E-state index in [0.717, 1.165) is 0 Å². The summed E-state index contributed by atoms with van der Waals surface area (Å²) < 4.78 is 0. The zero-order valence-corrected chi connectivity index (χ0v) is 4.74. The number of halogens is 1. The zero-order chi connectivity index (χ0) is 2.00. The Morgan fingerprint density at radius 1 is 1.25 bits per heavy atom. The fourth-order valence-electron chi connectivity index (χ4n) is 0. The van der Waals surface area contributed by atoms with Crippen molar-refractivity contribution < 1.29 is 42.2 Å². The number of hydrogen-bond donors (Lipinski definition) is 0. The van der Waals surface area contributed by atoms with Crippen LogP contribution in [-0.2, 0) is 25.2 Å². The van der Waals surface area contributed by atoms with Crippen molar-refractivity contribution >= 4 is 6.79 Å². The third-order valence-corrected chi connectivity index (χ3v) is 0. The second-order valence-electron chi connectivity index (χ2n) is 0. The maximum Gasteiger partial charge on any atom is 1.00 e. The van der Waals surface area contributed by atoms with E-state index in [1.165, 1.54) is 0 Å². The van der Waals surface area contributed by atoms with Gasteiger partial charge in [0.05, 0.1) is 0 Å². The van der Waals surface area contributed by atoms with E-state index in [4.69, 9.17) is 4.79 Å². The maximum atomic E-state index is 7.50. The molecule has 0 rings (SSSR count). The van der Waals surface area contributed by atoms with Crippen molar-refractivity contribution in [3.63, 3.8) is 0 Å².